The molecule has 9 nitrogen and oxygen atoms in total. The maximum absolute atomic E-state index is 10.9. The van der Waals surface area contributed by atoms with Crippen LogP contribution < -0.4 is 4.90 Å². The molecule has 0 unspecified atom stereocenters. The van der Waals surface area contributed by atoms with E-state index in [0.29, 0.717) is 31.3 Å². The Morgan fingerprint density at radius 3 is 3.04 bits per heavy atom. The van der Waals surface area contributed by atoms with Gasteiger partial charge in [0, 0.05) is 18.3 Å². The van der Waals surface area contributed by atoms with Crippen molar-refractivity contribution in [3.05, 3.63) is 45.5 Å². The Bertz CT molecular complexity index is 781. The minimum absolute atomic E-state index is 0.0456. The molecule has 1 N–H and O–H groups in total. The molecular formula is C14H14N6O3. The quantitative estimate of drug-likeness (QED) is 0.672. The second kappa shape index (κ2) is 6.02. The highest BCUT2D eigenvalue weighted by Gasteiger charge is 2.26. The van der Waals surface area contributed by atoms with Crippen molar-refractivity contribution in [2.45, 2.75) is 13.0 Å². The summed E-state index contributed by atoms with van der Waals surface area (Å²) in [6.45, 7) is 3.44. The van der Waals surface area contributed by atoms with E-state index < -0.39 is 4.92 Å². The first kappa shape index (κ1) is 14.9. The predicted octanol–water partition coefficient (Wildman–Crippen LogP) is 1.47. The molecule has 1 atom stereocenters. The van der Waals surface area contributed by atoms with Crippen LogP contribution in [0, 0.1) is 28.4 Å². The number of aromatic nitrogens is 3. The van der Waals surface area contributed by atoms with Crippen LogP contribution in [0.4, 0.5) is 11.4 Å². The summed E-state index contributed by atoms with van der Waals surface area (Å²) in [5.41, 5.74) is 0.600. The molecule has 0 saturated carbocycles. The van der Waals surface area contributed by atoms with Gasteiger partial charge in [-0.2, -0.15) is 10.4 Å². The van der Waals surface area contributed by atoms with Crippen LogP contribution in [-0.2, 0) is 4.74 Å². The fourth-order valence-corrected chi connectivity index (χ4v) is 2.51. The number of nitrogens with one attached hydrogen (secondary N) is 1. The molecule has 0 bridgehead atoms. The van der Waals surface area contributed by atoms with E-state index in [1.165, 1.54) is 12.1 Å². The number of morpholine rings is 1. The van der Waals surface area contributed by atoms with Gasteiger partial charge < -0.3 is 9.64 Å². The van der Waals surface area contributed by atoms with E-state index in [2.05, 4.69) is 15.2 Å². The van der Waals surface area contributed by atoms with E-state index in [1.54, 1.807) is 6.07 Å². The topological polar surface area (TPSA) is 121 Å². The molecule has 2 aromatic rings. The first-order chi connectivity index (χ1) is 11.1. The van der Waals surface area contributed by atoms with E-state index in [0.717, 1.165) is 5.69 Å². The van der Waals surface area contributed by atoms with Gasteiger partial charge in [0.05, 0.1) is 18.1 Å². The third kappa shape index (κ3) is 2.97. The lowest BCUT2D eigenvalue weighted by molar-refractivity contribution is -0.385. The molecule has 1 saturated heterocycles. The molecule has 1 aromatic carbocycles. The fourth-order valence-electron chi connectivity index (χ4n) is 2.51. The van der Waals surface area contributed by atoms with Gasteiger partial charge in [-0.3, -0.25) is 15.2 Å². The summed E-state index contributed by atoms with van der Waals surface area (Å²) >= 11 is 0. The van der Waals surface area contributed by atoms with Crippen molar-refractivity contribution in [2.24, 2.45) is 0 Å². The van der Waals surface area contributed by atoms with Crippen LogP contribution in [0.1, 0.15) is 23.3 Å². The first-order valence-electron chi connectivity index (χ1n) is 7.02. The number of nitro benzene ring substituents is 1. The first-order valence-corrected chi connectivity index (χ1v) is 7.02. The number of aromatic amines is 1. The normalized spacial score (nSPS) is 17.7. The number of benzene rings is 1. The predicted molar refractivity (Wildman–Crippen MR) is 79.8 cm³/mol. The number of aryl methyl sites for hydroxylation is 1. The number of hydrogen-bond acceptors (Lipinski definition) is 7. The summed E-state index contributed by atoms with van der Waals surface area (Å²) in [5.74, 6) is 1.29. The van der Waals surface area contributed by atoms with Crippen molar-refractivity contribution >= 4 is 11.4 Å². The maximum Gasteiger partial charge on any atom is 0.287 e. The molecule has 1 fully saturated rings. The lowest BCUT2D eigenvalue weighted by atomic mass is 10.1. The van der Waals surface area contributed by atoms with Crippen molar-refractivity contribution in [1.29, 1.82) is 5.26 Å². The summed E-state index contributed by atoms with van der Waals surface area (Å²) in [4.78, 5) is 16.6. The Balaban J connectivity index is 1.84. The lowest BCUT2D eigenvalue weighted by Gasteiger charge is -2.33. The molecule has 23 heavy (non-hydrogen) atoms. The van der Waals surface area contributed by atoms with Gasteiger partial charge in [0.15, 0.2) is 5.82 Å². The van der Waals surface area contributed by atoms with Crippen molar-refractivity contribution < 1.29 is 9.66 Å². The summed E-state index contributed by atoms with van der Waals surface area (Å²) in [5, 5.41) is 26.9. The molecule has 0 spiro atoms. The minimum Gasteiger partial charge on any atom is -0.366 e. The number of nitrogens with zero attached hydrogens (tertiary/aromatic N) is 5. The highest BCUT2D eigenvalue weighted by atomic mass is 16.6. The number of nitriles is 1. The van der Waals surface area contributed by atoms with E-state index in [4.69, 9.17) is 10.00 Å². The maximum atomic E-state index is 10.9. The number of rotatable bonds is 3. The standard InChI is InChI=1S/C14H14N6O3/c1-9-16-14(18-17-9)13-8-19(4-5-23-13)11-2-3-12(20(21)22)10(6-11)7-15/h2-3,6,13H,4-5,8H2,1H3,(H,16,17,18)/t13-/m0/s1. The zero-order valence-electron chi connectivity index (χ0n) is 12.4. The van der Waals surface area contributed by atoms with Crippen LogP contribution in [0.25, 0.3) is 0 Å². The lowest BCUT2D eigenvalue weighted by Crippen LogP contribution is -2.38. The van der Waals surface area contributed by atoms with Gasteiger partial charge >= 0.3 is 0 Å². The van der Waals surface area contributed by atoms with Gasteiger partial charge in [0.2, 0.25) is 0 Å². The number of hydrogen-bond donors (Lipinski definition) is 1. The van der Waals surface area contributed by atoms with E-state index in [9.17, 15) is 10.1 Å². The van der Waals surface area contributed by atoms with Crippen LogP contribution in [0.15, 0.2) is 18.2 Å². The van der Waals surface area contributed by atoms with Crippen LogP contribution in [-0.4, -0.2) is 39.8 Å². The average Bonchev–Trinajstić information content (AvgIpc) is 3.01. The second-order valence-electron chi connectivity index (χ2n) is 5.15. The summed E-state index contributed by atoms with van der Waals surface area (Å²) in [6, 6.07) is 6.40. The molecule has 2 heterocycles. The van der Waals surface area contributed by atoms with Gasteiger partial charge in [-0.05, 0) is 19.1 Å². The smallest absolute Gasteiger partial charge is 0.287 e. The molecule has 3 rings (SSSR count). The molecular weight excluding hydrogens is 300 g/mol. The Morgan fingerprint density at radius 1 is 1.57 bits per heavy atom. The highest BCUT2D eigenvalue weighted by Crippen LogP contribution is 2.28. The van der Waals surface area contributed by atoms with Crippen LogP contribution in [0.2, 0.25) is 0 Å². The monoisotopic (exact) mass is 314 g/mol. The zero-order chi connectivity index (χ0) is 16.4. The largest absolute Gasteiger partial charge is 0.366 e. The van der Waals surface area contributed by atoms with Crippen molar-refractivity contribution in [3.8, 4) is 6.07 Å². The van der Waals surface area contributed by atoms with Crippen LogP contribution in [0.5, 0.6) is 0 Å². The Hall–Kier alpha value is -2.99. The number of ether oxygens (including phenoxy) is 1. The van der Waals surface area contributed by atoms with Gasteiger partial charge in [-0.25, -0.2) is 4.98 Å². The number of nitro groups is 1. The average molecular weight is 314 g/mol. The second-order valence-corrected chi connectivity index (χ2v) is 5.15. The van der Waals surface area contributed by atoms with Crippen LogP contribution >= 0.6 is 0 Å². The van der Waals surface area contributed by atoms with Gasteiger partial charge in [-0.1, -0.05) is 0 Å². The van der Waals surface area contributed by atoms with Crippen molar-refractivity contribution in [2.75, 3.05) is 24.6 Å². The van der Waals surface area contributed by atoms with Gasteiger partial charge in [0.1, 0.15) is 23.6 Å². The van der Waals surface area contributed by atoms with Crippen molar-refractivity contribution in [1.82, 2.24) is 15.2 Å². The molecule has 1 aliphatic heterocycles. The Morgan fingerprint density at radius 2 is 2.39 bits per heavy atom. The highest BCUT2D eigenvalue weighted by molar-refractivity contribution is 5.60. The number of H-pyrrole nitrogens is 1. The van der Waals surface area contributed by atoms with E-state index in [-0.39, 0.29) is 17.4 Å². The summed E-state index contributed by atoms with van der Waals surface area (Å²) in [7, 11) is 0. The third-order valence-corrected chi connectivity index (χ3v) is 3.63. The molecule has 0 amide bonds. The Labute approximate surface area is 131 Å². The zero-order valence-corrected chi connectivity index (χ0v) is 12.4. The summed E-state index contributed by atoms with van der Waals surface area (Å²) in [6.07, 6.45) is -0.283. The fraction of sp³-hybridized carbons (Fsp3) is 0.357. The minimum atomic E-state index is -0.555. The molecule has 1 aliphatic rings. The SMILES string of the molecule is Cc1nc([C@@H]2CN(c3ccc([N+](=O)[O-])c(C#N)c3)CCO2)n[nH]1. The molecule has 118 valence electrons. The summed E-state index contributed by atoms with van der Waals surface area (Å²) < 4.78 is 5.69. The van der Waals surface area contributed by atoms with E-state index >= 15 is 0 Å². The van der Waals surface area contributed by atoms with Gasteiger partial charge in [-0.15, -0.1) is 0 Å². The third-order valence-electron chi connectivity index (χ3n) is 3.63. The Kier molecular flexibility index (Phi) is 3.91. The van der Waals surface area contributed by atoms with Crippen LogP contribution in [0.3, 0.4) is 0 Å². The molecule has 9 heteroatoms. The molecule has 1 aromatic heterocycles. The van der Waals surface area contributed by atoms with Crippen molar-refractivity contribution in [3.63, 3.8) is 0 Å². The number of anilines is 1. The molecule has 0 aliphatic carbocycles. The van der Waals surface area contributed by atoms with Gasteiger partial charge in [0.25, 0.3) is 5.69 Å². The van der Waals surface area contributed by atoms with E-state index in [1.807, 2.05) is 17.9 Å². The molecule has 0 radical (unpaired) electrons.